The molecule has 0 atom stereocenters. The Hall–Kier alpha value is -1.19. The Morgan fingerprint density at radius 1 is 0.778 bits per heavy atom. The summed E-state index contributed by atoms with van der Waals surface area (Å²) in [6.07, 6.45) is 0. The van der Waals surface area contributed by atoms with E-state index in [0.29, 0.717) is 0 Å². The summed E-state index contributed by atoms with van der Waals surface area (Å²) in [6.45, 7) is 7.20. The SMILES string of the molecule is C[Si](C)(C)N1c2ccccc2Sc2ccccc21. The Morgan fingerprint density at radius 3 is 1.67 bits per heavy atom. The first kappa shape index (κ1) is 11.9. The van der Waals surface area contributed by atoms with Crippen molar-refractivity contribution in [2.45, 2.75) is 29.4 Å². The van der Waals surface area contributed by atoms with Crippen molar-refractivity contribution in [3.05, 3.63) is 48.5 Å². The number of benzene rings is 2. The molecule has 18 heavy (non-hydrogen) atoms. The summed E-state index contributed by atoms with van der Waals surface area (Å²) >= 11 is 1.88. The zero-order chi connectivity index (χ0) is 12.8. The molecule has 92 valence electrons. The number of anilines is 2. The molecule has 2 aromatic carbocycles. The number of nitrogens with zero attached hydrogens (tertiary/aromatic N) is 1. The molecule has 0 bridgehead atoms. The van der Waals surface area contributed by atoms with Gasteiger partial charge >= 0.3 is 0 Å². The molecule has 0 spiro atoms. The van der Waals surface area contributed by atoms with Gasteiger partial charge in [0.15, 0.2) is 8.24 Å². The van der Waals surface area contributed by atoms with Crippen LogP contribution in [0, 0.1) is 0 Å². The zero-order valence-electron chi connectivity index (χ0n) is 11.0. The number of hydrogen-bond acceptors (Lipinski definition) is 2. The Bertz CT molecular complexity index is 544. The van der Waals surface area contributed by atoms with Gasteiger partial charge in [0.2, 0.25) is 0 Å². The third-order valence-corrected chi connectivity index (χ3v) is 6.06. The van der Waals surface area contributed by atoms with Crippen molar-refractivity contribution in [1.82, 2.24) is 0 Å². The maximum Gasteiger partial charge on any atom is 0.153 e. The van der Waals surface area contributed by atoms with Crippen LogP contribution in [-0.4, -0.2) is 8.24 Å². The van der Waals surface area contributed by atoms with Crippen LogP contribution in [0.25, 0.3) is 0 Å². The van der Waals surface area contributed by atoms with Crippen LogP contribution in [-0.2, 0) is 0 Å². The van der Waals surface area contributed by atoms with Crippen LogP contribution in [0.2, 0.25) is 19.6 Å². The molecule has 0 amide bonds. The average molecular weight is 271 g/mol. The monoisotopic (exact) mass is 271 g/mol. The average Bonchev–Trinajstić information content (AvgIpc) is 2.34. The van der Waals surface area contributed by atoms with Gasteiger partial charge in [-0.3, -0.25) is 0 Å². The lowest BCUT2D eigenvalue weighted by Crippen LogP contribution is -2.43. The van der Waals surface area contributed by atoms with Gasteiger partial charge in [0.25, 0.3) is 0 Å². The van der Waals surface area contributed by atoms with E-state index in [9.17, 15) is 0 Å². The quantitative estimate of drug-likeness (QED) is 0.662. The standard InChI is InChI=1S/C15H17NSSi/c1-18(2,3)16-12-8-4-6-10-14(12)17-15-11-7-5-9-13(15)16/h4-11H,1-3H3. The summed E-state index contributed by atoms with van der Waals surface area (Å²) in [5.74, 6) is 0. The highest BCUT2D eigenvalue weighted by Gasteiger charge is 2.32. The summed E-state index contributed by atoms with van der Waals surface area (Å²) in [6, 6.07) is 17.5. The number of fused-ring (bicyclic) bond motifs is 2. The first-order valence-corrected chi connectivity index (χ1v) is 10.5. The maximum absolute atomic E-state index is 2.58. The predicted molar refractivity (Wildman–Crippen MR) is 82.5 cm³/mol. The van der Waals surface area contributed by atoms with Gasteiger partial charge in [0.05, 0.1) is 0 Å². The highest BCUT2D eigenvalue weighted by atomic mass is 32.2. The van der Waals surface area contributed by atoms with E-state index in [1.807, 2.05) is 11.8 Å². The van der Waals surface area contributed by atoms with Gasteiger partial charge in [0.1, 0.15) is 0 Å². The fourth-order valence-corrected chi connectivity index (χ4v) is 5.48. The van der Waals surface area contributed by atoms with Crippen molar-refractivity contribution in [1.29, 1.82) is 0 Å². The van der Waals surface area contributed by atoms with Crippen molar-refractivity contribution in [3.8, 4) is 0 Å². The molecule has 3 rings (SSSR count). The third-order valence-electron chi connectivity index (χ3n) is 3.10. The molecule has 0 unspecified atom stereocenters. The molecule has 0 saturated heterocycles. The van der Waals surface area contributed by atoms with Crippen LogP contribution in [0.4, 0.5) is 11.4 Å². The molecule has 1 heterocycles. The summed E-state index contributed by atoms with van der Waals surface area (Å²) in [5.41, 5.74) is 2.75. The lowest BCUT2D eigenvalue weighted by molar-refractivity contribution is 1.19. The van der Waals surface area contributed by atoms with Gasteiger partial charge in [-0.25, -0.2) is 0 Å². The lowest BCUT2D eigenvalue weighted by Gasteiger charge is -2.41. The summed E-state index contributed by atoms with van der Waals surface area (Å²) in [4.78, 5) is 2.75. The minimum absolute atomic E-state index is 1.37. The first-order chi connectivity index (χ1) is 8.57. The van der Waals surface area contributed by atoms with Crippen LogP contribution in [0.1, 0.15) is 0 Å². The smallest absolute Gasteiger partial charge is 0.153 e. The Labute approximate surface area is 114 Å². The summed E-state index contributed by atoms with van der Waals surface area (Å²) in [5, 5.41) is 0. The molecule has 1 nitrogen and oxygen atoms in total. The fourth-order valence-electron chi connectivity index (χ4n) is 2.43. The van der Waals surface area contributed by atoms with Crippen LogP contribution in [0.3, 0.4) is 0 Å². The molecule has 0 aromatic heterocycles. The van der Waals surface area contributed by atoms with Gasteiger partial charge in [0, 0.05) is 21.2 Å². The van der Waals surface area contributed by atoms with E-state index in [4.69, 9.17) is 0 Å². The Balaban J connectivity index is 2.24. The largest absolute Gasteiger partial charge is 0.368 e. The van der Waals surface area contributed by atoms with Crippen molar-refractivity contribution in [3.63, 3.8) is 0 Å². The fraction of sp³-hybridized carbons (Fsp3) is 0.200. The zero-order valence-corrected chi connectivity index (χ0v) is 12.8. The minimum Gasteiger partial charge on any atom is -0.368 e. The number of rotatable bonds is 1. The molecule has 0 radical (unpaired) electrons. The Kier molecular flexibility index (Phi) is 2.75. The summed E-state index contributed by atoms with van der Waals surface area (Å²) < 4.78 is 2.58. The van der Waals surface area contributed by atoms with E-state index in [1.165, 1.54) is 21.2 Å². The molecule has 0 saturated carbocycles. The molecule has 0 aliphatic carbocycles. The molecule has 0 fully saturated rings. The second kappa shape index (κ2) is 4.18. The van der Waals surface area contributed by atoms with Crippen LogP contribution < -0.4 is 4.57 Å². The molecular weight excluding hydrogens is 254 g/mol. The summed E-state index contributed by atoms with van der Waals surface area (Å²) in [7, 11) is -1.44. The van der Waals surface area contributed by atoms with E-state index in [-0.39, 0.29) is 0 Å². The molecule has 1 aliphatic rings. The van der Waals surface area contributed by atoms with Crippen molar-refractivity contribution < 1.29 is 0 Å². The number of para-hydroxylation sites is 2. The van der Waals surface area contributed by atoms with E-state index >= 15 is 0 Å². The first-order valence-electron chi connectivity index (χ1n) is 6.23. The highest BCUT2D eigenvalue weighted by molar-refractivity contribution is 7.99. The van der Waals surface area contributed by atoms with E-state index in [0.717, 1.165) is 0 Å². The Morgan fingerprint density at radius 2 is 1.22 bits per heavy atom. The van der Waals surface area contributed by atoms with Gasteiger partial charge in [-0.1, -0.05) is 55.7 Å². The molecule has 1 aliphatic heterocycles. The topological polar surface area (TPSA) is 3.24 Å². The third kappa shape index (κ3) is 1.87. The molecule has 2 aromatic rings. The number of hydrogen-bond donors (Lipinski definition) is 0. The van der Waals surface area contributed by atoms with Crippen molar-refractivity contribution in [2.75, 3.05) is 4.57 Å². The van der Waals surface area contributed by atoms with E-state index < -0.39 is 8.24 Å². The van der Waals surface area contributed by atoms with Crippen LogP contribution >= 0.6 is 11.8 Å². The molecule has 0 N–H and O–H groups in total. The van der Waals surface area contributed by atoms with Crippen molar-refractivity contribution in [2.24, 2.45) is 0 Å². The van der Waals surface area contributed by atoms with E-state index in [1.54, 1.807) is 0 Å². The molecular formula is C15H17NSSi. The van der Waals surface area contributed by atoms with Gasteiger partial charge < -0.3 is 4.57 Å². The van der Waals surface area contributed by atoms with Crippen LogP contribution in [0.15, 0.2) is 58.3 Å². The molecule has 3 heteroatoms. The maximum atomic E-state index is 2.58. The minimum atomic E-state index is -1.44. The second-order valence-electron chi connectivity index (χ2n) is 5.54. The van der Waals surface area contributed by atoms with Gasteiger partial charge in [-0.2, -0.15) is 0 Å². The highest BCUT2D eigenvalue weighted by Crippen LogP contribution is 2.49. The van der Waals surface area contributed by atoms with Crippen LogP contribution in [0.5, 0.6) is 0 Å². The van der Waals surface area contributed by atoms with Crippen molar-refractivity contribution >= 4 is 31.4 Å². The van der Waals surface area contributed by atoms with Gasteiger partial charge in [-0.05, 0) is 24.3 Å². The van der Waals surface area contributed by atoms with Gasteiger partial charge in [-0.15, -0.1) is 0 Å². The predicted octanol–water partition coefficient (Wildman–Crippen LogP) is 5.12. The lowest BCUT2D eigenvalue weighted by atomic mass is 10.2. The van der Waals surface area contributed by atoms with E-state index in [2.05, 4.69) is 72.7 Å². The second-order valence-corrected chi connectivity index (χ2v) is 11.4. The normalized spacial score (nSPS) is 14.1.